The van der Waals surface area contributed by atoms with Gasteiger partial charge in [0.15, 0.2) is 5.70 Å². The van der Waals surface area contributed by atoms with E-state index in [1.165, 1.54) is 16.8 Å². The molecular weight excluding hydrogens is 390 g/mol. The van der Waals surface area contributed by atoms with Crippen molar-refractivity contribution in [2.24, 2.45) is 0 Å². The summed E-state index contributed by atoms with van der Waals surface area (Å²) in [4.78, 5) is 38.2. The van der Waals surface area contributed by atoms with Crippen molar-refractivity contribution in [1.29, 1.82) is 0 Å². The van der Waals surface area contributed by atoms with Gasteiger partial charge in [-0.25, -0.2) is 4.79 Å². The van der Waals surface area contributed by atoms with Crippen LogP contribution in [0.1, 0.15) is 12.5 Å². The number of anilines is 1. The third-order valence-electron chi connectivity index (χ3n) is 4.86. The summed E-state index contributed by atoms with van der Waals surface area (Å²) in [5.41, 5.74) is 2.06. The number of benzene rings is 2. The van der Waals surface area contributed by atoms with E-state index in [1.807, 2.05) is 60.7 Å². The van der Waals surface area contributed by atoms with E-state index in [4.69, 9.17) is 0 Å². The monoisotopic (exact) mass is 409 g/mol. The van der Waals surface area contributed by atoms with Gasteiger partial charge in [0.2, 0.25) is 5.91 Å². The van der Waals surface area contributed by atoms with E-state index in [2.05, 4.69) is 5.32 Å². The van der Waals surface area contributed by atoms with Crippen LogP contribution in [0.25, 0.3) is 0 Å². The number of nitrogens with zero attached hydrogens (tertiary/aromatic N) is 2. The number of hydrogen-bond donors (Lipinski definition) is 2. The third-order valence-corrected chi connectivity index (χ3v) is 6.26. The Morgan fingerprint density at radius 3 is 2.31 bits per heavy atom. The normalized spacial score (nSPS) is 20.8. The van der Waals surface area contributed by atoms with Gasteiger partial charge in [-0.15, -0.1) is 0 Å². The van der Waals surface area contributed by atoms with E-state index in [0.29, 0.717) is 5.70 Å². The molecule has 1 fully saturated rings. The number of rotatable bonds is 5. The van der Waals surface area contributed by atoms with Gasteiger partial charge in [0.05, 0.1) is 17.8 Å². The molecular formula is C21H19N3O4S. The van der Waals surface area contributed by atoms with E-state index >= 15 is 0 Å². The molecule has 4 rings (SSSR count). The topological polar surface area (TPSA) is 90.0 Å². The van der Waals surface area contributed by atoms with Crippen LogP contribution in [0.15, 0.2) is 72.1 Å². The summed E-state index contributed by atoms with van der Waals surface area (Å²) >= 11 is 1.33. The quantitative estimate of drug-likeness (QED) is 0.582. The molecule has 0 unspecified atom stereocenters. The van der Waals surface area contributed by atoms with Gasteiger partial charge in [0, 0.05) is 0 Å². The number of allylic oxidation sites excluding steroid dienone is 1. The van der Waals surface area contributed by atoms with Gasteiger partial charge in [-0.1, -0.05) is 48.5 Å². The minimum atomic E-state index is -1.17. The molecule has 0 spiro atoms. The Bertz CT molecular complexity index is 994. The van der Waals surface area contributed by atoms with Crippen molar-refractivity contribution in [3.8, 4) is 0 Å². The molecule has 0 aromatic heterocycles. The Labute approximate surface area is 172 Å². The molecule has 2 amide bonds. The zero-order chi connectivity index (χ0) is 20.5. The van der Waals surface area contributed by atoms with Crippen LogP contribution in [0.5, 0.6) is 0 Å². The molecule has 8 heteroatoms. The lowest BCUT2D eigenvalue weighted by Gasteiger charge is -2.51. The van der Waals surface area contributed by atoms with Gasteiger partial charge >= 0.3 is 5.97 Å². The number of β-lactam (4-membered cyclic amide) rings is 1. The highest BCUT2D eigenvalue weighted by atomic mass is 32.2. The predicted octanol–water partition coefficient (Wildman–Crippen LogP) is 2.37. The van der Waals surface area contributed by atoms with Crippen LogP contribution in [0.4, 0.5) is 5.69 Å². The van der Waals surface area contributed by atoms with Gasteiger partial charge in [0.25, 0.3) is 5.91 Å². The molecule has 1 saturated heterocycles. The smallest absolute Gasteiger partial charge is 0.354 e. The minimum Gasteiger partial charge on any atom is -0.477 e. The molecule has 0 aliphatic carbocycles. The fraction of sp³-hybridized carbons (Fsp3) is 0.190. The Morgan fingerprint density at radius 1 is 1.07 bits per heavy atom. The summed E-state index contributed by atoms with van der Waals surface area (Å²) in [5, 5.41) is 12.0. The Balaban J connectivity index is 1.57. The summed E-state index contributed by atoms with van der Waals surface area (Å²) in [6.07, 6.45) is 0.158. The van der Waals surface area contributed by atoms with Crippen LogP contribution in [0.3, 0.4) is 0 Å². The lowest BCUT2D eigenvalue weighted by Crippen LogP contribution is -2.71. The molecule has 0 radical (unpaired) electrons. The SMILES string of the molecule is CC1=C(C(=O)O)N2C(=O)[C@@H](NC(=O)Cc3ccccc3)[C@H]2SN1c1ccccc1. The maximum Gasteiger partial charge on any atom is 0.354 e. The molecule has 2 atom stereocenters. The highest BCUT2D eigenvalue weighted by molar-refractivity contribution is 8.01. The van der Waals surface area contributed by atoms with Gasteiger partial charge in [-0.05, 0) is 36.6 Å². The first-order chi connectivity index (χ1) is 14.0. The lowest BCUT2D eigenvalue weighted by molar-refractivity contribution is -0.150. The number of carbonyl (C=O) groups excluding carboxylic acids is 2. The molecule has 2 aliphatic rings. The van der Waals surface area contributed by atoms with Crippen molar-refractivity contribution >= 4 is 35.4 Å². The summed E-state index contributed by atoms with van der Waals surface area (Å²) in [6.45, 7) is 1.67. The van der Waals surface area contributed by atoms with Crippen molar-refractivity contribution in [3.05, 3.63) is 77.6 Å². The summed E-state index contributed by atoms with van der Waals surface area (Å²) in [5.74, 6) is -1.85. The molecule has 2 aromatic carbocycles. The number of amides is 2. The average Bonchev–Trinajstić information content (AvgIpc) is 2.73. The highest BCUT2D eigenvalue weighted by Gasteiger charge is 2.55. The zero-order valence-electron chi connectivity index (χ0n) is 15.6. The molecule has 2 N–H and O–H groups in total. The first-order valence-electron chi connectivity index (χ1n) is 9.10. The number of hydrogen-bond acceptors (Lipinski definition) is 5. The number of fused-ring (bicyclic) bond motifs is 1. The van der Waals surface area contributed by atoms with Crippen molar-refractivity contribution in [2.75, 3.05) is 4.31 Å². The Kier molecular flexibility index (Phi) is 5.02. The number of aliphatic carboxylic acids is 1. The van der Waals surface area contributed by atoms with Gasteiger partial charge in [-0.2, -0.15) is 0 Å². The number of nitrogens with one attached hydrogen (secondary N) is 1. The number of para-hydroxylation sites is 1. The van der Waals surface area contributed by atoms with Crippen molar-refractivity contribution in [3.63, 3.8) is 0 Å². The van der Waals surface area contributed by atoms with Gasteiger partial charge in [-0.3, -0.25) is 18.8 Å². The van der Waals surface area contributed by atoms with Crippen LogP contribution < -0.4 is 9.62 Å². The second kappa shape index (κ2) is 7.63. The summed E-state index contributed by atoms with van der Waals surface area (Å²) < 4.78 is 1.80. The van der Waals surface area contributed by atoms with E-state index in [9.17, 15) is 19.5 Å². The molecule has 2 aromatic rings. The highest BCUT2D eigenvalue weighted by Crippen LogP contribution is 2.45. The molecule has 2 heterocycles. The van der Waals surface area contributed by atoms with E-state index in [1.54, 1.807) is 11.2 Å². The maximum atomic E-state index is 12.7. The molecule has 7 nitrogen and oxygen atoms in total. The number of carboxylic acid groups (broad SMARTS) is 1. The summed E-state index contributed by atoms with van der Waals surface area (Å²) in [7, 11) is 0. The van der Waals surface area contributed by atoms with Crippen molar-refractivity contribution < 1.29 is 19.5 Å². The largest absolute Gasteiger partial charge is 0.477 e. The first-order valence-corrected chi connectivity index (χ1v) is 9.93. The van der Waals surface area contributed by atoms with Crippen LogP contribution in [-0.2, 0) is 20.8 Å². The van der Waals surface area contributed by atoms with E-state index in [-0.39, 0.29) is 18.0 Å². The molecule has 0 bridgehead atoms. The number of carbonyl (C=O) groups is 3. The van der Waals surface area contributed by atoms with Crippen LogP contribution in [-0.4, -0.2) is 39.2 Å². The van der Waals surface area contributed by atoms with E-state index < -0.39 is 23.3 Å². The Morgan fingerprint density at radius 2 is 1.69 bits per heavy atom. The van der Waals surface area contributed by atoms with Crippen molar-refractivity contribution in [1.82, 2.24) is 10.2 Å². The lowest BCUT2D eigenvalue weighted by atomic mass is 10.0. The van der Waals surface area contributed by atoms with Crippen molar-refractivity contribution in [2.45, 2.75) is 24.8 Å². The third kappa shape index (κ3) is 3.47. The second-order valence-electron chi connectivity index (χ2n) is 6.78. The fourth-order valence-electron chi connectivity index (χ4n) is 3.48. The van der Waals surface area contributed by atoms with Gasteiger partial charge in [0.1, 0.15) is 11.4 Å². The van der Waals surface area contributed by atoms with Crippen LogP contribution in [0.2, 0.25) is 0 Å². The maximum absolute atomic E-state index is 12.7. The zero-order valence-corrected chi connectivity index (χ0v) is 16.4. The average molecular weight is 409 g/mol. The predicted molar refractivity (Wildman–Crippen MR) is 110 cm³/mol. The Hall–Kier alpha value is -3.26. The minimum absolute atomic E-state index is 0.0591. The molecule has 2 aliphatic heterocycles. The van der Waals surface area contributed by atoms with E-state index in [0.717, 1.165) is 11.3 Å². The molecule has 148 valence electrons. The molecule has 29 heavy (non-hydrogen) atoms. The van der Waals surface area contributed by atoms with Crippen LogP contribution >= 0.6 is 11.9 Å². The van der Waals surface area contributed by atoms with Crippen LogP contribution in [0, 0.1) is 0 Å². The summed E-state index contributed by atoms with van der Waals surface area (Å²) in [6, 6.07) is 17.8. The molecule has 0 saturated carbocycles. The first kappa shape index (κ1) is 19.1. The standard InChI is InChI=1S/C21H19N3O4S/c1-13-18(21(27)28)23-19(26)17(22-16(25)12-14-8-4-2-5-9-14)20(23)29-24(13)15-10-6-3-7-11-15/h2-11,17,20H,12H2,1H3,(H,22,25)(H,27,28)/t17-,20-/m1/s1. The number of carboxylic acids is 1. The fourth-order valence-corrected chi connectivity index (χ4v) is 4.80. The second-order valence-corrected chi connectivity index (χ2v) is 7.84. The van der Waals surface area contributed by atoms with Gasteiger partial charge < -0.3 is 10.4 Å².